The number of epoxide rings is 2. The van der Waals surface area contributed by atoms with Gasteiger partial charge in [-0.05, 0) is 24.3 Å². The lowest BCUT2D eigenvalue weighted by Gasteiger charge is -2.23. The van der Waals surface area contributed by atoms with E-state index in [1.54, 1.807) is 7.11 Å². The maximum absolute atomic E-state index is 5.54. The first-order valence-corrected chi connectivity index (χ1v) is 6.59. The quantitative estimate of drug-likeness (QED) is 0.662. The molecule has 3 rings (SSSR count). The first-order valence-electron chi connectivity index (χ1n) is 6.59. The molecule has 0 aliphatic carbocycles. The number of nitrogens with zero attached hydrogens (tertiary/aromatic N) is 1. The Kier molecular flexibility index (Phi) is 3.87. The van der Waals surface area contributed by atoms with E-state index in [1.807, 2.05) is 12.1 Å². The van der Waals surface area contributed by atoms with Gasteiger partial charge in [-0.3, -0.25) is 0 Å². The molecule has 2 fully saturated rings. The molecule has 2 aliphatic rings. The zero-order valence-corrected chi connectivity index (χ0v) is 11.1. The highest BCUT2D eigenvalue weighted by Crippen LogP contribution is 2.24. The van der Waals surface area contributed by atoms with E-state index in [1.165, 1.54) is 0 Å². The molecule has 104 valence electrons. The van der Waals surface area contributed by atoms with E-state index in [0.717, 1.165) is 31.1 Å². The number of anilines is 1. The third kappa shape index (κ3) is 3.83. The zero-order chi connectivity index (χ0) is 13.1. The highest BCUT2D eigenvalue weighted by molar-refractivity contribution is 5.49. The summed E-state index contributed by atoms with van der Waals surface area (Å²) in [7, 11) is 1.72. The summed E-state index contributed by atoms with van der Waals surface area (Å²) in [4.78, 5) is 2.28. The standard InChI is InChI=1S/C14H19NO4/c1-16-7-6-15(8-13-9-17-13)11-2-4-12(5-3-11)19-14-10-18-14/h2-5,13-14H,6-10H2,1H3. The average Bonchev–Trinajstić information content (AvgIpc) is 3.31. The molecule has 0 aromatic heterocycles. The fourth-order valence-electron chi connectivity index (χ4n) is 1.94. The first kappa shape index (κ1) is 12.7. The Morgan fingerprint density at radius 2 is 1.95 bits per heavy atom. The van der Waals surface area contributed by atoms with Crippen LogP contribution in [0, 0.1) is 0 Å². The van der Waals surface area contributed by atoms with Crippen LogP contribution >= 0.6 is 0 Å². The SMILES string of the molecule is COCCN(CC1CO1)c1ccc(OC2CO2)cc1. The van der Waals surface area contributed by atoms with E-state index in [9.17, 15) is 0 Å². The highest BCUT2D eigenvalue weighted by atomic mass is 16.8. The Hall–Kier alpha value is -1.30. The van der Waals surface area contributed by atoms with Crippen molar-refractivity contribution >= 4 is 5.69 Å². The molecule has 2 saturated heterocycles. The number of hydrogen-bond donors (Lipinski definition) is 0. The van der Waals surface area contributed by atoms with Crippen LogP contribution in [-0.4, -0.2) is 52.4 Å². The van der Waals surface area contributed by atoms with Crippen molar-refractivity contribution < 1.29 is 18.9 Å². The lowest BCUT2D eigenvalue weighted by molar-refractivity contribution is 0.179. The molecule has 1 aromatic rings. The van der Waals surface area contributed by atoms with Gasteiger partial charge in [0, 0.05) is 25.9 Å². The molecular weight excluding hydrogens is 246 g/mol. The van der Waals surface area contributed by atoms with Crippen LogP contribution in [-0.2, 0) is 14.2 Å². The molecule has 2 aliphatic heterocycles. The molecule has 5 nitrogen and oxygen atoms in total. The van der Waals surface area contributed by atoms with E-state index in [2.05, 4.69) is 17.0 Å². The molecule has 0 amide bonds. The Morgan fingerprint density at radius 1 is 1.21 bits per heavy atom. The van der Waals surface area contributed by atoms with Crippen molar-refractivity contribution in [2.75, 3.05) is 44.9 Å². The summed E-state index contributed by atoms with van der Waals surface area (Å²) in [5, 5.41) is 0. The number of ether oxygens (including phenoxy) is 4. The lowest BCUT2D eigenvalue weighted by atomic mass is 10.2. The Morgan fingerprint density at radius 3 is 2.53 bits per heavy atom. The molecule has 0 spiro atoms. The normalized spacial score (nSPS) is 24.1. The second-order valence-electron chi connectivity index (χ2n) is 4.77. The molecule has 2 unspecified atom stereocenters. The number of hydrogen-bond acceptors (Lipinski definition) is 5. The fraction of sp³-hybridized carbons (Fsp3) is 0.571. The molecule has 1 aromatic carbocycles. The van der Waals surface area contributed by atoms with Crippen LogP contribution in [0.2, 0.25) is 0 Å². The summed E-state index contributed by atoms with van der Waals surface area (Å²) >= 11 is 0. The fourth-order valence-corrected chi connectivity index (χ4v) is 1.94. The summed E-state index contributed by atoms with van der Waals surface area (Å²) in [5.74, 6) is 0.848. The van der Waals surface area contributed by atoms with Gasteiger partial charge in [0.2, 0.25) is 6.29 Å². The van der Waals surface area contributed by atoms with Crippen molar-refractivity contribution in [1.82, 2.24) is 0 Å². The van der Waals surface area contributed by atoms with E-state index < -0.39 is 0 Å². The van der Waals surface area contributed by atoms with E-state index in [-0.39, 0.29) is 6.29 Å². The Balaban J connectivity index is 1.61. The van der Waals surface area contributed by atoms with Crippen molar-refractivity contribution in [3.05, 3.63) is 24.3 Å². The van der Waals surface area contributed by atoms with Gasteiger partial charge in [-0.1, -0.05) is 0 Å². The largest absolute Gasteiger partial charge is 0.462 e. The smallest absolute Gasteiger partial charge is 0.223 e. The maximum Gasteiger partial charge on any atom is 0.223 e. The van der Waals surface area contributed by atoms with Gasteiger partial charge >= 0.3 is 0 Å². The van der Waals surface area contributed by atoms with Crippen LogP contribution in [0.15, 0.2) is 24.3 Å². The van der Waals surface area contributed by atoms with Gasteiger partial charge in [-0.25, -0.2) is 0 Å². The van der Waals surface area contributed by atoms with Crippen LogP contribution < -0.4 is 9.64 Å². The van der Waals surface area contributed by atoms with E-state index in [0.29, 0.717) is 19.3 Å². The van der Waals surface area contributed by atoms with Crippen LogP contribution in [0.3, 0.4) is 0 Å². The van der Waals surface area contributed by atoms with Gasteiger partial charge in [0.05, 0.1) is 19.3 Å². The van der Waals surface area contributed by atoms with Gasteiger partial charge < -0.3 is 23.8 Å². The van der Waals surface area contributed by atoms with Crippen LogP contribution in [0.25, 0.3) is 0 Å². The zero-order valence-electron chi connectivity index (χ0n) is 11.1. The minimum atomic E-state index is -0.0460. The molecular formula is C14H19NO4. The minimum absolute atomic E-state index is 0.0460. The molecule has 2 heterocycles. The Bertz CT molecular complexity index is 400. The molecule has 2 atom stereocenters. The van der Waals surface area contributed by atoms with Crippen molar-refractivity contribution in [3.8, 4) is 5.75 Å². The highest BCUT2D eigenvalue weighted by Gasteiger charge is 2.26. The predicted molar refractivity (Wildman–Crippen MR) is 70.6 cm³/mol. The molecule has 19 heavy (non-hydrogen) atoms. The second kappa shape index (κ2) is 5.77. The summed E-state index contributed by atoms with van der Waals surface area (Å²) < 4.78 is 21.0. The minimum Gasteiger partial charge on any atom is -0.462 e. The van der Waals surface area contributed by atoms with Crippen LogP contribution in [0.1, 0.15) is 0 Å². The molecule has 0 N–H and O–H groups in total. The summed E-state index contributed by atoms with van der Waals surface area (Å²) in [6, 6.07) is 8.08. The van der Waals surface area contributed by atoms with Crippen LogP contribution in [0.4, 0.5) is 5.69 Å². The van der Waals surface area contributed by atoms with Gasteiger partial charge in [-0.15, -0.1) is 0 Å². The third-order valence-electron chi connectivity index (χ3n) is 3.16. The summed E-state index contributed by atoms with van der Waals surface area (Å²) in [6.45, 7) is 4.04. The van der Waals surface area contributed by atoms with E-state index in [4.69, 9.17) is 18.9 Å². The molecule has 0 saturated carbocycles. The van der Waals surface area contributed by atoms with Gasteiger partial charge in [-0.2, -0.15) is 0 Å². The monoisotopic (exact) mass is 265 g/mol. The van der Waals surface area contributed by atoms with Gasteiger partial charge in [0.15, 0.2) is 0 Å². The maximum atomic E-state index is 5.54. The lowest BCUT2D eigenvalue weighted by Crippen LogP contribution is -2.31. The van der Waals surface area contributed by atoms with Crippen molar-refractivity contribution in [2.45, 2.75) is 12.4 Å². The van der Waals surface area contributed by atoms with Gasteiger partial charge in [0.25, 0.3) is 0 Å². The third-order valence-corrected chi connectivity index (χ3v) is 3.16. The predicted octanol–water partition coefficient (Wildman–Crippen LogP) is 1.27. The van der Waals surface area contributed by atoms with E-state index >= 15 is 0 Å². The summed E-state index contributed by atoms with van der Waals surface area (Å²) in [5.41, 5.74) is 1.16. The van der Waals surface area contributed by atoms with Crippen molar-refractivity contribution in [3.63, 3.8) is 0 Å². The van der Waals surface area contributed by atoms with Gasteiger partial charge in [0.1, 0.15) is 12.4 Å². The molecule has 5 heteroatoms. The second-order valence-corrected chi connectivity index (χ2v) is 4.77. The number of benzene rings is 1. The molecule has 0 bridgehead atoms. The molecule has 0 radical (unpaired) electrons. The number of methoxy groups -OCH3 is 1. The van der Waals surface area contributed by atoms with Crippen LogP contribution in [0.5, 0.6) is 5.75 Å². The summed E-state index contributed by atoms with van der Waals surface area (Å²) in [6.07, 6.45) is 0.322. The number of rotatable bonds is 8. The Labute approximate surface area is 113 Å². The first-order chi connectivity index (χ1) is 9.35. The average molecular weight is 265 g/mol. The van der Waals surface area contributed by atoms with Crippen molar-refractivity contribution in [1.29, 1.82) is 0 Å². The topological polar surface area (TPSA) is 46.8 Å². The van der Waals surface area contributed by atoms with Crippen molar-refractivity contribution in [2.24, 2.45) is 0 Å².